The van der Waals surface area contributed by atoms with Gasteiger partial charge in [-0.1, -0.05) is 6.07 Å². The number of anilines is 2. The van der Waals surface area contributed by atoms with E-state index in [1.165, 1.54) is 12.1 Å². The third kappa shape index (κ3) is 4.20. The van der Waals surface area contributed by atoms with Gasteiger partial charge in [-0.25, -0.2) is 4.79 Å². The lowest BCUT2D eigenvalue weighted by Gasteiger charge is -2.18. The second kappa shape index (κ2) is 7.95. The molecule has 146 valence electrons. The van der Waals surface area contributed by atoms with Crippen LogP contribution in [0.2, 0.25) is 0 Å². The molecule has 0 radical (unpaired) electrons. The first-order chi connectivity index (χ1) is 13.4. The molecule has 9 heteroatoms. The summed E-state index contributed by atoms with van der Waals surface area (Å²) in [7, 11) is 1.57. The maximum atomic E-state index is 12.3. The number of urea groups is 1. The standard InChI is InChI=1S/C19H20N4O5/c1-12-3-4-15(23(26)27)10-17(12)21-19(25)20-13-9-18(24)22(11-13)14-5-7-16(28-2)8-6-14/h3-8,10,13H,9,11H2,1-2H3,(H2,20,21,25). The molecule has 3 rings (SSSR count). The van der Waals surface area contributed by atoms with Gasteiger partial charge in [0, 0.05) is 30.8 Å². The van der Waals surface area contributed by atoms with Gasteiger partial charge in [0.15, 0.2) is 0 Å². The minimum atomic E-state index is -0.523. The molecule has 3 amide bonds. The molecule has 28 heavy (non-hydrogen) atoms. The molecular formula is C19H20N4O5. The number of nitrogens with one attached hydrogen (secondary N) is 2. The van der Waals surface area contributed by atoms with E-state index in [0.29, 0.717) is 23.5 Å². The fourth-order valence-electron chi connectivity index (χ4n) is 3.02. The van der Waals surface area contributed by atoms with E-state index in [0.717, 1.165) is 5.69 Å². The molecule has 0 aromatic heterocycles. The van der Waals surface area contributed by atoms with Crippen molar-refractivity contribution in [3.8, 4) is 5.75 Å². The third-order valence-electron chi connectivity index (χ3n) is 4.52. The minimum Gasteiger partial charge on any atom is -0.497 e. The van der Waals surface area contributed by atoms with E-state index in [2.05, 4.69) is 10.6 Å². The topological polar surface area (TPSA) is 114 Å². The maximum Gasteiger partial charge on any atom is 0.319 e. The molecule has 9 nitrogen and oxygen atoms in total. The predicted octanol–water partition coefficient (Wildman–Crippen LogP) is 2.84. The van der Waals surface area contributed by atoms with E-state index < -0.39 is 11.0 Å². The Morgan fingerprint density at radius 3 is 2.61 bits per heavy atom. The van der Waals surface area contributed by atoms with Crippen molar-refractivity contribution in [2.75, 3.05) is 23.9 Å². The van der Waals surface area contributed by atoms with Gasteiger partial charge in [0.25, 0.3) is 5.69 Å². The van der Waals surface area contributed by atoms with Crippen molar-refractivity contribution >= 4 is 29.0 Å². The Hall–Kier alpha value is -3.62. The maximum absolute atomic E-state index is 12.3. The number of nitrogens with zero attached hydrogens (tertiary/aromatic N) is 2. The Morgan fingerprint density at radius 2 is 1.96 bits per heavy atom. The number of carbonyl (C=O) groups is 2. The molecule has 1 aliphatic heterocycles. The predicted molar refractivity (Wildman–Crippen MR) is 104 cm³/mol. The summed E-state index contributed by atoms with van der Waals surface area (Å²) >= 11 is 0. The molecule has 2 aromatic carbocycles. The summed E-state index contributed by atoms with van der Waals surface area (Å²) in [5, 5.41) is 16.3. The highest BCUT2D eigenvalue weighted by atomic mass is 16.6. The molecule has 1 aliphatic rings. The zero-order valence-corrected chi connectivity index (χ0v) is 15.5. The Balaban J connectivity index is 1.63. The van der Waals surface area contributed by atoms with E-state index in [-0.39, 0.29) is 24.1 Å². The van der Waals surface area contributed by atoms with Crippen LogP contribution in [0.25, 0.3) is 0 Å². The first-order valence-corrected chi connectivity index (χ1v) is 8.64. The van der Waals surface area contributed by atoms with Crippen molar-refractivity contribution in [3.05, 3.63) is 58.1 Å². The molecule has 2 aromatic rings. The monoisotopic (exact) mass is 384 g/mol. The van der Waals surface area contributed by atoms with Gasteiger partial charge in [-0.15, -0.1) is 0 Å². The van der Waals surface area contributed by atoms with Gasteiger partial charge in [-0.3, -0.25) is 14.9 Å². The van der Waals surface area contributed by atoms with Crippen LogP contribution in [0.3, 0.4) is 0 Å². The van der Waals surface area contributed by atoms with Gasteiger partial charge in [0.2, 0.25) is 5.91 Å². The van der Waals surface area contributed by atoms with E-state index in [1.54, 1.807) is 49.3 Å². The number of hydrogen-bond donors (Lipinski definition) is 2. The number of methoxy groups -OCH3 is 1. The highest BCUT2D eigenvalue weighted by Crippen LogP contribution is 2.25. The lowest BCUT2D eigenvalue weighted by atomic mass is 10.2. The van der Waals surface area contributed by atoms with Gasteiger partial charge >= 0.3 is 6.03 Å². The number of aryl methyl sites for hydroxylation is 1. The normalized spacial score (nSPS) is 16.0. The van der Waals surface area contributed by atoms with Crippen molar-refractivity contribution < 1.29 is 19.2 Å². The number of nitro benzene ring substituents is 1. The first kappa shape index (κ1) is 19.2. The Labute approximate surface area is 161 Å². The SMILES string of the molecule is COc1ccc(N2CC(NC(=O)Nc3cc([N+](=O)[O-])ccc3C)CC2=O)cc1. The average Bonchev–Trinajstić information content (AvgIpc) is 3.03. The Bertz CT molecular complexity index is 913. The van der Waals surface area contributed by atoms with Crippen molar-refractivity contribution in [3.63, 3.8) is 0 Å². The summed E-state index contributed by atoms with van der Waals surface area (Å²) in [5.74, 6) is 0.596. The van der Waals surface area contributed by atoms with Crippen LogP contribution in [0, 0.1) is 17.0 Å². The number of nitro groups is 1. The second-order valence-corrected chi connectivity index (χ2v) is 6.46. The van der Waals surface area contributed by atoms with Crippen molar-refractivity contribution in [1.82, 2.24) is 5.32 Å². The fourth-order valence-corrected chi connectivity index (χ4v) is 3.02. The van der Waals surface area contributed by atoms with Gasteiger partial charge in [-0.05, 0) is 36.8 Å². The number of amides is 3. The van der Waals surface area contributed by atoms with Crippen LogP contribution in [-0.2, 0) is 4.79 Å². The Morgan fingerprint density at radius 1 is 1.25 bits per heavy atom. The second-order valence-electron chi connectivity index (χ2n) is 6.46. The van der Waals surface area contributed by atoms with Crippen LogP contribution >= 0.6 is 0 Å². The molecule has 0 saturated carbocycles. The van der Waals surface area contributed by atoms with Crippen LogP contribution in [-0.4, -0.2) is 36.6 Å². The van der Waals surface area contributed by atoms with Crippen LogP contribution in [0.15, 0.2) is 42.5 Å². The van der Waals surface area contributed by atoms with Gasteiger partial charge in [0.1, 0.15) is 5.75 Å². The summed E-state index contributed by atoms with van der Waals surface area (Å²) in [4.78, 5) is 36.6. The van der Waals surface area contributed by atoms with Crippen LogP contribution in [0.5, 0.6) is 5.75 Å². The molecule has 1 unspecified atom stereocenters. The lowest BCUT2D eigenvalue weighted by Crippen LogP contribution is -2.39. The molecular weight excluding hydrogens is 364 g/mol. The van der Waals surface area contributed by atoms with Gasteiger partial charge in [0.05, 0.1) is 23.8 Å². The smallest absolute Gasteiger partial charge is 0.319 e. The Kier molecular flexibility index (Phi) is 5.44. The zero-order chi connectivity index (χ0) is 20.3. The summed E-state index contributed by atoms with van der Waals surface area (Å²) in [6.07, 6.45) is 0.174. The van der Waals surface area contributed by atoms with E-state index in [4.69, 9.17) is 4.74 Å². The highest BCUT2D eigenvalue weighted by molar-refractivity contribution is 5.97. The number of benzene rings is 2. The summed E-state index contributed by atoms with van der Waals surface area (Å²) < 4.78 is 5.11. The minimum absolute atomic E-state index is 0.0954. The molecule has 0 spiro atoms. The molecule has 1 fully saturated rings. The quantitative estimate of drug-likeness (QED) is 0.608. The number of hydrogen-bond acceptors (Lipinski definition) is 5. The van der Waals surface area contributed by atoms with Gasteiger partial charge in [-0.2, -0.15) is 0 Å². The first-order valence-electron chi connectivity index (χ1n) is 8.64. The number of carbonyl (C=O) groups excluding carboxylic acids is 2. The van der Waals surface area contributed by atoms with Crippen molar-refractivity contribution in [1.29, 1.82) is 0 Å². The van der Waals surface area contributed by atoms with Crippen LogP contribution in [0.1, 0.15) is 12.0 Å². The summed E-state index contributed by atoms with van der Waals surface area (Å²) in [5.41, 5.74) is 1.67. The van der Waals surface area contributed by atoms with Crippen molar-refractivity contribution in [2.24, 2.45) is 0 Å². The van der Waals surface area contributed by atoms with Crippen LogP contribution in [0.4, 0.5) is 21.9 Å². The summed E-state index contributed by atoms with van der Waals surface area (Å²) in [6.45, 7) is 2.08. The lowest BCUT2D eigenvalue weighted by molar-refractivity contribution is -0.384. The fraction of sp³-hybridized carbons (Fsp3) is 0.263. The van der Waals surface area contributed by atoms with Crippen LogP contribution < -0.4 is 20.3 Å². The largest absolute Gasteiger partial charge is 0.497 e. The zero-order valence-electron chi connectivity index (χ0n) is 15.5. The molecule has 1 heterocycles. The van der Waals surface area contributed by atoms with Crippen molar-refractivity contribution in [2.45, 2.75) is 19.4 Å². The molecule has 2 N–H and O–H groups in total. The van der Waals surface area contributed by atoms with E-state index >= 15 is 0 Å². The molecule has 1 saturated heterocycles. The molecule has 1 atom stereocenters. The highest BCUT2D eigenvalue weighted by Gasteiger charge is 2.31. The average molecular weight is 384 g/mol. The summed E-state index contributed by atoms with van der Waals surface area (Å²) in [6, 6.07) is 10.5. The van der Waals surface area contributed by atoms with Gasteiger partial charge < -0.3 is 20.3 Å². The molecule has 0 aliphatic carbocycles. The number of ether oxygens (including phenoxy) is 1. The van der Waals surface area contributed by atoms with E-state index in [1.807, 2.05) is 0 Å². The number of non-ortho nitro benzene ring substituents is 1. The van der Waals surface area contributed by atoms with E-state index in [9.17, 15) is 19.7 Å². The molecule has 0 bridgehead atoms. The number of rotatable bonds is 5. The third-order valence-corrected chi connectivity index (χ3v) is 4.52.